The number of para-hydroxylation sites is 1. The Hall–Kier alpha value is -2.30. The predicted octanol–water partition coefficient (Wildman–Crippen LogP) is 1.95. The molecule has 8 nitrogen and oxygen atoms in total. The van der Waals surface area contributed by atoms with E-state index in [1.807, 2.05) is 0 Å². The Balaban J connectivity index is 2.55. The minimum Gasteiger partial charge on any atom is -0.497 e. The summed E-state index contributed by atoms with van der Waals surface area (Å²) in [4.78, 5) is -0.0838. The topological polar surface area (TPSA) is 119 Å². The Morgan fingerprint density at radius 3 is 2.07 bits per heavy atom. The molecule has 0 saturated carbocycles. The summed E-state index contributed by atoms with van der Waals surface area (Å²) >= 11 is 0. The van der Waals surface area contributed by atoms with Gasteiger partial charge < -0.3 is 10.5 Å². The minimum absolute atomic E-state index is 0.00690. The van der Waals surface area contributed by atoms with Crippen molar-refractivity contribution in [2.24, 2.45) is 0 Å². The van der Waals surface area contributed by atoms with Gasteiger partial charge in [-0.2, -0.15) is 0 Å². The first-order chi connectivity index (χ1) is 12.4. The largest absolute Gasteiger partial charge is 0.497 e. The Bertz CT molecular complexity index is 1050. The molecule has 2 rings (SSSR count). The van der Waals surface area contributed by atoms with Gasteiger partial charge in [0.05, 0.1) is 23.4 Å². The summed E-state index contributed by atoms with van der Waals surface area (Å²) in [6.45, 7) is 3.31. The molecule has 0 unspecified atom stereocenters. The van der Waals surface area contributed by atoms with E-state index in [9.17, 15) is 16.8 Å². The molecule has 0 saturated heterocycles. The molecular weight excluding hydrogens is 390 g/mol. The second-order valence-corrected chi connectivity index (χ2v) is 9.94. The molecule has 3 N–H and O–H groups in total. The molecule has 0 spiro atoms. The van der Waals surface area contributed by atoms with Crippen molar-refractivity contribution in [3.05, 3.63) is 41.5 Å². The van der Waals surface area contributed by atoms with E-state index in [2.05, 4.69) is 4.72 Å². The molecule has 10 heteroatoms. The van der Waals surface area contributed by atoms with E-state index in [1.54, 1.807) is 26.0 Å². The highest BCUT2D eigenvalue weighted by atomic mass is 32.2. The van der Waals surface area contributed by atoms with Crippen molar-refractivity contribution in [1.82, 2.24) is 4.31 Å². The molecular formula is C17H23N3O5S2. The van der Waals surface area contributed by atoms with Crippen LogP contribution in [0.15, 0.2) is 40.1 Å². The van der Waals surface area contributed by atoms with Crippen molar-refractivity contribution in [3.63, 3.8) is 0 Å². The molecule has 0 atom stereocenters. The van der Waals surface area contributed by atoms with Gasteiger partial charge in [0.25, 0.3) is 10.0 Å². The molecule has 2 aromatic rings. The lowest BCUT2D eigenvalue weighted by molar-refractivity contribution is 0.413. The average Bonchev–Trinajstić information content (AvgIpc) is 2.55. The summed E-state index contributed by atoms with van der Waals surface area (Å²) in [5.41, 5.74) is 6.78. The monoisotopic (exact) mass is 413 g/mol. The van der Waals surface area contributed by atoms with E-state index in [0.29, 0.717) is 16.9 Å². The molecule has 0 fully saturated rings. The van der Waals surface area contributed by atoms with Crippen LogP contribution < -0.4 is 15.2 Å². The standard InChI is InChI=1S/C17H23N3O5S2/c1-11-9-13(25-5)10-12(2)17(11)26(21,22)19-14-7-6-8-15(16(14)18)27(23,24)20(3)4/h6-10,19H,18H2,1-5H3. The number of hydrogen-bond acceptors (Lipinski definition) is 6. The maximum absolute atomic E-state index is 12.9. The zero-order chi connectivity index (χ0) is 20.6. The van der Waals surface area contributed by atoms with Crippen LogP contribution in [0.3, 0.4) is 0 Å². The highest BCUT2D eigenvalue weighted by Crippen LogP contribution is 2.32. The lowest BCUT2D eigenvalue weighted by Crippen LogP contribution is -2.24. The zero-order valence-corrected chi connectivity index (χ0v) is 17.4. The van der Waals surface area contributed by atoms with Crippen LogP contribution in [0.2, 0.25) is 0 Å². The number of sulfonamides is 2. The highest BCUT2D eigenvalue weighted by Gasteiger charge is 2.25. The maximum atomic E-state index is 12.9. The summed E-state index contributed by atoms with van der Waals surface area (Å²) in [6, 6.07) is 7.39. The fraction of sp³-hybridized carbons (Fsp3) is 0.294. The number of nitrogens with zero attached hydrogens (tertiary/aromatic N) is 1. The fourth-order valence-electron chi connectivity index (χ4n) is 2.70. The number of hydrogen-bond donors (Lipinski definition) is 2. The van der Waals surface area contributed by atoms with Gasteiger partial charge in [-0.15, -0.1) is 0 Å². The predicted molar refractivity (Wildman–Crippen MR) is 105 cm³/mol. The van der Waals surface area contributed by atoms with E-state index in [0.717, 1.165) is 4.31 Å². The van der Waals surface area contributed by atoms with Gasteiger partial charge in [0.2, 0.25) is 10.0 Å². The van der Waals surface area contributed by atoms with E-state index in [1.165, 1.54) is 39.4 Å². The molecule has 27 heavy (non-hydrogen) atoms. The first kappa shape index (κ1) is 21.0. The van der Waals surface area contributed by atoms with Crippen LogP contribution in [0.5, 0.6) is 5.75 Å². The van der Waals surface area contributed by atoms with Crippen LogP contribution in [-0.2, 0) is 20.0 Å². The number of benzene rings is 2. The summed E-state index contributed by atoms with van der Waals surface area (Å²) in [6.07, 6.45) is 0. The molecule has 0 aromatic heterocycles. The third-order valence-corrected chi connectivity index (χ3v) is 7.55. The fourth-order valence-corrected chi connectivity index (χ4v) is 5.27. The molecule has 0 bridgehead atoms. The lowest BCUT2D eigenvalue weighted by Gasteiger charge is -2.18. The summed E-state index contributed by atoms with van der Waals surface area (Å²) in [5, 5.41) is 0. The van der Waals surface area contributed by atoms with Crippen LogP contribution in [0.4, 0.5) is 11.4 Å². The molecule has 0 aliphatic carbocycles. The normalized spacial score (nSPS) is 12.2. The van der Waals surface area contributed by atoms with Crippen molar-refractivity contribution < 1.29 is 21.6 Å². The van der Waals surface area contributed by atoms with Crippen molar-refractivity contribution in [3.8, 4) is 5.75 Å². The molecule has 2 aromatic carbocycles. The Labute approximate surface area is 160 Å². The first-order valence-corrected chi connectivity index (χ1v) is 10.8. The highest BCUT2D eigenvalue weighted by molar-refractivity contribution is 7.93. The van der Waals surface area contributed by atoms with E-state index < -0.39 is 20.0 Å². The number of nitrogens with one attached hydrogen (secondary N) is 1. The van der Waals surface area contributed by atoms with Gasteiger partial charge in [-0.1, -0.05) is 6.07 Å². The first-order valence-electron chi connectivity index (χ1n) is 7.91. The quantitative estimate of drug-likeness (QED) is 0.699. The van der Waals surface area contributed by atoms with Gasteiger partial charge in [0, 0.05) is 14.1 Å². The maximum Gasteiger partial charge on any atom is 0.262 e. The van der Waals surface area contributed by atoms with Gasteiger partial charge in [0.1, 0.15) is 10.6 Å². The van der Waals surface area contributed by atoms with Crippen LogP contribution in [-0.4, -0.2) is 42.3 Å². The third-order valence-electron chi connectivity index (χ3n) is 4.01. The van der Waals surface area contributed by atoms with E-state index >= 15 is 0 Å². The van der Waals surface area contributed by atoms with Gasteiger partial charge >= 0.3 is 0 Å². The average molecular weight is 414 g/mol. The van der Waals surface area contributed by atoms with Crippen LogP contribution >= 0.6 is 0 Å². The van der Waals surface area contributed by atoms with E-state index in [-0.39, 0.29) is 21.2 Å². The number of ether oxygens (including phenoxy) is 1. The van der Waals surface area contributed by atoms with Crippen LogP contribution in [0, 0.1) is 13.8 Å². The van der Waals surface area contributed by atoms with Crippen molar-refractivity contribution in [2.45, 2.75) is 23.6 Å². The lowest BCUT2D eigenvalue weighted by atomic mass is 10.1. The summed E-state index contributed by atoms with van der Waals surface area (Å²) in [5.74, 6) is 0.544. The van der Waals surface area contributed by atoms with Gasteiger partial charge in [-0.3, -0.25) is 4.72 Å². The molecule has 0 radical (unpaired) electrons. The molecule has 0 aliphatic rings. The van der Waals surface area contributed by atoms with Crippen molar-refractivity contribution in [2.75, 3.05) is 31.7 Å². The second kappa shape index (κ2) is 7.37. The SMILES string of the molecule is COc1cc(C)c(S(=O)(=O)Nc2cccc(S(=O)(=O)N(C)C)c2N)c(C)c1. The van der Waals surface area contributed by atoms with Crippen LogP contribution in [0.1, 0.15) is 11.1 Å². The Morgan fingerprint density at radius 2 is 1.59 bits per heavy atom. The van der Waals surface area contributed by atoms with Crippen molar-refractivity contribution in [1.29, 1.82) is 0 Å². The van der Waals surface area contributed by atoms with Crippen molar-refractivity contribution >= 4 is 31.4 Å². The second-order valence-electron chi connectivity index (χ2n) is 6.20. The zero-order valence-electron chi connectivity index (χ0n) is 15.8. The number of aryl methyl sites for hydroxylation is 2. The van der Waals surface area contributed by atoms with Crippen LogP contribution in [0.25, 0.3) is 0 Å². The molecule has 0 aliphatic heterocycles. The molecule has 0 amide bonds. The van der Waals surface area contributed by atoms with Gasteiger partial charge in [-0.25, -0.2) is 21.1 Å². The number of methoxy groups -OCH3 is 1. The summed E-state index contributed by atoms with van der Waals surface area (Å²) in [7, 11) is -3.58. The van der Waals surface area contributed by atoms with E-state index in [4.69, 9.17) is 10.5 Å². The van der Waals surface area contributed by atoms with Gasteiger partial charge in [-0.05, 0) is 49.2 Å². The third kappa shape index (κ3) is 4.02. The summed E-state index contributed by atoms with van der Waals surface area (Å²) < 4.78 is 59.1. The number of anilines is 2. The van der Waals surface area contributed by atoms with Gasteiger partial charge in [0.15, 0.2) is 0 Å². The number of nitrogens with two attached hydrogens (primary N) is 1. The molecule has 148 valence electrons. The number of nitrogen functional groups attached to an aromatic ring is 1. The number of rotatable bonds is 6. The minimum atomic E-state index is -4.00. The molecule has 0 heterocycles. The Kier molecular flexibility index (Phi) is 5.74. The smallest absolute Gasteiger partial charge is 0.262 e. The Morgan fingerprint density at radius 1 is 1.04 bits per heavy atom.